The summed E-state index contributed by atoms with van der Waals surface area (Å²) >= 11 is 5.93. The Morgan fingerprint density at radius 1 is 1.00 bits per heavy atom. The third kappa shape index (κ3) is 3.51. The number of benzene rings is 3. The predicted molar refractivity (Wildman–Crippen MR) is 113 cm³/mol. The van der Waals surface area contributed by atoms with E-state index < -0.39 is 0 Å². The second-order valence-electron chi connectivity index (χ2n) is 6.93. The van der Waals surface area contributed by atoms with E-state index >= 15 is 0 Å². The Morgan fingerprint density at radius 3 is 2.39 bits per heavy atom. The van der Waals surface area contributed by atoms with Gasteiger partial charge in [-0.05, 0) is 48.9 Å². The number of aromatic nitrogens is 2. The fourth-order valence-corrected chi connectivity index (χ4v) is 3.52. The number of carbonyl (C=O) groups is 1. The summed E-state index contributed by atoms with van der Waals surface area (Å²) in [5, 5.41) is 0.610. The third-order valence-corrected chi connectivity index (χ3v) is 5.20. The lowest BCUT2D eigenvalue weighted by Gasteiger charge is -2.04. The lowest BCUT2D eigenvalue weighted by molar-refractivity contribution is -0.648. The Balaban J connectivity index is 1.72. The van der Waals surface area contributed by atoms with Crippen LogP contribution >= 0.6 is 11.6 Å². The van der Waals surface area contributed by atoms with Crippen LogP contribution in [0.5, 0.6) is 0 Å². The van der Waals surface area contributed by atoms with Crippen molar-refractivity contribution in [3.05, 3.63) is 94.5 Å². The normalized spacial score (nSPS) is 11.1. The number of imidazole rings is 1. The fraction of sp³-hybridized carbons (Fsp3) is 0.130. The SMILES string of the molecule is Cc1ccc(C[n+]2c(N)n(CC(=O)c3ccc(Cl)cc3)c3ccccc32)cc1. The van der Waals surface area contributed by atoms with Crippen molar-refractivity contribution in [1.82, 2.24) is 4.57 Å². The van der Waals surface area contributed by atoms with Gasteiger partial charge in [0.25, 0.3) is 0 Å². The van der Waals surface area contributed by atoms with Gasteiger partial charge < -0.3 is 0 Å². The van der Waals surface area contributed by atoms with Gasteiger partial charge in [0.15, 0.2) is 5.78 Å². The Morgan fingerprint density at radius 2 is 1.68 bits per heavy atom. The van der Waals surface area contributed by atoms with Crippen LogP contribution in [0, 0.1) is 6.92 Å². The molecule has 2 N–H and O–H groups in total. The van der Waals surface area contributed by atoms with Gasteiger partial charge in [0, 0.05) is 10.6 Å². The molecule has 0 spiro atoms. The van der Waals surface area contributed by atoms with Crippen LogP contribution in [0.3, 0.4) is 0 Å². The van der Waals surface area contributed by atoms with Gasteiger partial charge in [-0.3, -0.25) is 10.5 Å². The van der Waals surface area contributed by atoms with Crippen LogP contribution < -0.4 is 10.3 Å². The molecule has 1 aromatic heterocycles. The Hall–Kier alpha value is -3.11. The van der Waals surface area contributed by atoms with E-state index in [1.165, 1.54) is 5.56 Å². The first-order valence-electron chi connectivity index (χ1n) is 9.14. The molecule has 0 aliphatic carbocycles. The molecule has 5 heteroatoms. The summed E-state index contributed by atoms with van der Waals surface area (Å²) in [4.78, 5) is 12.8. The van der Waals surface area contributed by atoms with E-state index in [0.29, 0.717) is 23.1 Å². The molecule has 140 valence electrons. The van der Waals surface area contributed by atoms with Crippen molar-refractivity contribution in [1.29, 1.82) is 0 Å². The number of nitrogens with two attached hydrogens (primary N) is 1. The summed E-state index contributed by atoms with van der Waals surface area (Å²) in [5.41, 5.74) is 11.4. The molecule has 0 aliphatic heterocycles. The van der Waals surface area contributed by atoms with Crippen LogP contribution in [0.1, 0.15) is 21.5 Å². The van der Waals surface area contributed by atoms with Gasteiger partial charge in [-0.15, -0.1) is 0 Å². The van der Waals surface area contributed by atoms with Crippen LogP contribution in [-0.4, -0.2) is 10.4 Å². The molecule has 4 rings (SSSR count). The van der Waals surface area contributed by atoms with Crippen molar-refractivity contribution in [2.75, 3.05) is 5.73 Å². The van der Waals surface area contributed by atoms with Crippen molar-refractivity contribution in [3.8, 4) is 0 Å². The Bertz CT molecular complexity index is 1150. The molecule has 4 nitrogen and oxygen atoms in total. The minimum Gasteiger partial charge on any atom is -0.291 e. The van der Waals surface area contributed by atoms with Crippen molar-refractivity contribution in [2.45, 2.75) is 20.0 Å². The smallest absolute Gasteiger partial charge is 0.291 e. The number of Topliss-reactive ketones (excluding diaryl/α,β-unsaturated/α-hetero) is 1. The van der Waals surface area contributed by atoms with E-state index in [9.17, 15) is 4.79 Å². The summed E-state index contributed by atoms with van der Waals surface area (Å²) in [6.07, 6.45) is 0. The van der Waals surface area contributed by atoms with Gasteiger partial charge >= 0.3 is 5.95 Å². The first-order chi connectivity index (χ1) is 13.5. The van der Waals surface area contributed by atoms with Crippen LogP contribution in [-0.2, 0) is 13.1 Å². The van der Waals surface area contributed by atoms with E-state index in [-0.39, 0.29) is 12.3 Å². The lowest BCUT2D eigenvalue weighted by atomic mass is 10.1. The van der Waals surface area contributed by atoms with Gasteiger partial charge in [0.1, 0.15) is 17.6 Å². The van der Waals surface area contributed by atoms with Gasteiger partial charge in [-0.1, -0.05) is 53.6 Å². The molecule has 1 heterocycles. The zero-order chi connectivity index (χ0) is 19.7. The Kier molecular flexibility index (Phi) is 4.88. The van der Waals surface area contributed by atoms with E-state index in [0.717, 1.165) is 16.6 Å². The van der Waals surface area contributed by atoms with Crippen molar-refractivity contribution in [2.24, 2.45) is 0 Å². The van der Waals surface area contributed by atoms with Gasteiger partial charge in [-0.25, -0.2) is 9.13 Å². The number of halogens is 1. The first-order valence-corrected chi connectivity index (χ1v) is 9.51. The van der Waals surface area contributed by atoms with Crippen LogP contribution in [0.25, 0.3) is 11.0 Å². The van der Waals surface area contributed by atoms with E-state index in [2.05, 4.69) is 35.8 Å². The van der Waals surface area contributed by atoms with Crippen LogP contribution in [0.2, 0.25) is 5.02 Å². The maximum absolute atomic E-state index is 12.8. The second-order valence-corrected chi connectivity index (χ2v) is 7.37. The maximum atomic E-state index is 12.8. The highest BCUT2D eigenvalue weighted by molar-refractivity contribution is 6.30. The summed E-state index contributed by atoms with van der Waals surface area (Å²) in [5.74, 6) is 0.552. The Labute approximate surface area is 168 Å². The van der Waals surface area contributed by atoms with Crippen molar-refractivity contribution < 1.29 is 9.36 Å². The van der Waals surface area contributed by atoms with E-state index in [1.54, 1.807) is 24.3 Å². The molecular weight excluding hydrogens is 370 g/mol. The van der Waals surface area contributed by atoms with Gasteiger partial charge in [-0.2, -0.15) is 0 Å². The summed E-state index contributed by atoms with van der Waals surface area (Å²) < 4.78 is 3.93. The molecular formula is C23H21ClN3O+. The number of rotatable bonds is 5. The molecule has 0 atom stereocenters. The van der Waals surface area contributed by atoms with E-state index in [4.69, 9.17) is 17.3 Å². The number of nitrogen functional groups attached to an aromatic ring is 1. The number of aryl methyl sites for hydroxylation is 1. The van der Waals surface area contributed by atoms with Crippen LogP contribution in [0.4, 0.5) is 5.95 Å². The molecule has 3 aromatic carbocycles. The molecule has 0 unspecified atom stereocenters. The average molecular weight is 391 g/mol. The van der Waals surface area contributed by atoms with E-state index in [1.807, 2.05) is 28.8 Å². The van der Waals surface area contributed by atoms with Crippen molar-refractivity contribution >= 4 is 34.4 Å². The average Bonchev–Trinajstić information content (AvgIpc) is 2.96. The number of anilines is 1. The standard InChI is InChI=1S/C23H20ClN3O/c1-16-6-8-17(9-7-16)14-26-20-4-2-3-5-21(20)27(23(26)25)15-22(28)18-10-12-19(24)13-11-18/h2-13,25H,14-15H2,1H3/p+1. The first kappa shape index (κ1) is 18.3. The maximum Gasteiger partial charge on any atom is 0.356 e. The predicted octanol–water partition coefficient (Wildman–Crippen LogP) is 4.40. The minimum absolute atomic E-state index is 0.00777. The van der Waals surface area contributed by atoms with Crippen molar-refractivity contribution in [3.63, 3.8) is 0 Å². The fourth-order valence-electron chi connectivity index (χ4n) is 3.39. The molecule has 0 radical (unpaired) electrons. The highest BCUT2D eigenvalue weighted by atomic mass is 35.5. The topological polar surface area (TPSA) is 51.9 Å². The second kappa shape index (κ2) is 7.49. The quantitative estimate of drug-likeness (QED) is 0.405. The summed E-state index contributed by atoms with van der Waals surface area (Å²) in [6.45, 7) is 2.89. The highest BCUT2D eigenvalue weighted by Gasteiger charge is 2.23. The summed E-state index contributed by atoms with van der Waals surface area (Å²) in [7, 11) is 0. The lowest BCUT2D eigenvalue weighted by Crippen LogP contribution is -2.37. The molecule has 0 bridgehead atoms. The number of hydrogen-bond donors (Lipinski definition) is 1. The van der Waals surface area contributed by atoms with Gasteiger partial charge in [0.05, 0.1) is 6.54 Å². The molecule has 0 saturated heterocycles. The zero-order valence-electron chi connectivity index (χ0n) is 15.6. The third-order valence-electron chi connectivity index (χ3n) is 4.95. The van der Waals surface area contributed by atoms with Gasteiger partial charge in [0.2, 0.25) is 0 Å². The summed E-state index contributed by atoms with van der Waals surface area (Å²) in [6, 6.07) is 23.3. The zero-order valence-corrected chi connectivity index (χ0v) is 16.4. The number of ketones is 1. The number of nitrogens with zero attached hydrogens (tertiary/aromatic N) is 2. The molecule has 0 aliphatic rings. The molecule has 0 fully saturated rings. The number of para-hydroxylation sites is 2. The number of fused-ring (bicyclic) bond motifs is 1. The number of hydrogen-bond acceptors (Lipinski definition) is 2. The van der Waals surface area contributed by atoms with Crippen LogP contribution in [0.15, 0.2) is 72.8 Å². The molecule has 28 heavy (non-hydrogen) atoms. The highest BCUT2D eigenvalue weighted by Crippen LogP contribution is 2.19. The number of carbonyl (C=O) groups excluding carboxylic acids is 1. The molecule has 4 aromatic rings. The molecule has 0 saturated carbocycles. The minimum atomic E-state index is -0.00777. The monoisotopic (exact) mass is 390 g/mol. The largest absolute Gasteiger partial charge is 0.356 e. The molecule has 0 amide bonds.